The molecule has 1 aliphatic rings. The van der Waals surface area contributed by atoms with Gasteiger partial charge in [-0.15, -0.1) is 0 Å². The van der Waals surface area contributed by atoms with Crippen LogP contribution in [0.2, 0.25) is 5.02 Å². The number of ether oxygens (including phenoxy) is 1. The Kier molecular flexibility index (Phi) is 4.86. The molecule has 1 N–H and O–H groups in total. The summed E-state index contributed by atoms with van der Waals surface area (Å²) in [5.74, 6) is 0.536. The van der Waals surface area contributed by atoms with Crippen LogP contribution in [0.5, 0.6) is 0 Å². The Hall–Kier alpha value is -0.0900. The third-order valence-corrected chi connectivity index (χ3v) is 4.05. The van der Waals surface area contributed by atoms with Gasteiger partial charge in [-0.3, -0.25) is 0 Å². The first-order valence-electron chi connectivity index (χ1n) is 5.87. The highest BCUT2D eigenvalue weighted by molar-refractivity contribution is 9.10. The standard InChI is InChI=1S/C13H16BrClO2/c14-10-1-2-12(15)11(8-10)13(16)7-9-3-5-17-6-4-9/h1-2,8-9,13,16H,3-7H2. The molecule has 94 valence electrons. The van der Waals surface area contributed by atoms with Crippen molar-refractivity contribution in [1.29, 1.82) is 0 Å². The number of halogens is 2. The molecule has 1 unspecified atom stereocenters. The fourth-order valence-electron chi connectivity index (χ4n) is 2.19. The van der Waals surface area contributed by atoms with Crippen molar-refractivity contribution in [2.24, 2.45) is 5.92 Å². The van der Waals surface area contributed by atoms with Crippen molar-refractivity contribution in [1.82, 2.24) is 0 Å². The van der Waals surface area contributed by atoms with Crippen LogP contribution < -0.4 is 0 Å². The van der Waals surface area contributed by atoms with E-state index >= 15 is 0 Å². The van der Waals surface area contributed by atoms with E-state index in [2.05, 4.69) is 15.9 Å². The van der Waals surface area contributed by atoms with Gasteiger partial charge in [0.05, 0.1) is 6.10 Å². The summed E-state index contributed by atoms with van der Waals surface area (Å²) in [6, 6.07) is 5.59. The Morgan fingerprint density at radius 2 is 2.12 bits per heavy atom. The molecule has 1 atom stereocenters. The van der Waals surface area contributed by atoms with E-state index < -0.39 is 6.10 Å². The molecule has 1 saturated heterocycles. The summed E-state index contributed by atoms with van der Waals surface area (Å²) >= 11 is 9.50. The molecule has 2 nitrogen and oxygen atoms in total. The van der Waals surface area contributed by atoms with Gasteiger partial charge in [-0.1, -0.05) is 27.5 Å². The van der Waals surface area contributed by atoms with E-state index in [4.69, 9.17) is 16.3 Å². The summed E-state index contributed by atoms with van der Waals surface area (Å²) in [6.45, 7) is 1.62. The molecule has 2 rings (SSSR count). The number of aliphatic hydroxyl groups is 1. The number of benzene rings is 1. The monoisotopic (exact) mass is 318 g/mol. The highest BCUT2D eigenvalue weighted by Crippen LogP contribution is 2.32. The SMILES string of the molecule is OC(CC1CCOCC1)c1cc(Br)ccc1Cl. The summed E-state index contributed by atoms with van der Waals surface area (Å²) in [5.41, 5.74) is 0.813. The molecular weight excluding hydrogens is 303 g/mol. The van der Waals surface area contributed by atoms with Crippen LogP contribution in [0, 0.1) is 5.92 Å². The smallest absolute Gasteiger partial charge is 0.0807 e. The van der Waals surface area contributed by atoms with Crippen molar-refractivity contribution in [2.45, 2.75) is 25.4 Å². The molecule has 1 aromatic rings. The largest absolute Gasteiger partial charge is 0.388 e. The summed E-state index contributed by atoms with van der Waals surface area (Å²) in [4.78, 5) is 0. The van der Waals surface area contributed by atoms with Gasteiger partial charge in [0.15, 0.2) is 0 Å². The minimum absolute atomic E-state index is 0.483. The van der Waals surface area contributed by atoms with Gasteiger partial charge < -0.3 is 9.84 Å². The topological polar surface area (TPSA) is 29.5 Å². The Balaban J connectivity index is 2.02. The normalized spacial score (nSPS) is 19.2. The third kappa shape index (κ3) is 3.68. The maximum Gasteiger partial charge on any atom is 0.0807 e. The molecule has 4 heteroatoms. The van der Waals surface area contributed by atoms with Crippen molar-refractivity contribution < 1.29 is 9.84 Å². The van der Waals surface area contributed by atoms with Crippen molar-refractivity contribution in [3.8, 4) is 0 Å². The van der Waals surface area contributed by atoms with E-state index in [0.717, 1.165) is 42.5 Å². The van der Waals surface area contributed by atoms with Gasteiger partial charge in [-0.2, -0.15) is 0 Å². The lowest BCUT2D eigenvalue weighted by Crippen LogP contribution is -2.18. The molecule has 0 aromatic heterocycles. The van der Waals surface area contributed by atoms with Crippen molar-refractivity contribution in [3.05, 3.63) is 33.3 Å². The van der Waals surface area contributed by atoms with Gasteiger partial charge in [0.1, 0.15) is 0 Å². The number of hydrogen-bond donors (Lipinski definition) is 1. The van der Waals surface area contributed by atoms with E-state index in [1.807, 2.05) is 18.2 Å². The van der Waals surface area contributed by atoms with Crippen molar-refractivity contribution in [3.63, 3.8) is 0 Å². The van der Waals surface area contributed by atoms with Crippen LogP contribution in [-0.2, 0) is 4.74 Å². The molecule has 0 saturated carbocycles. The summed E-state index contributed by atoms with van der Waals surface area (Å²) in [5, 5.41) is 10.9. The zero-order valence-corrected chi connectivity index (χ0v) is 11.9. The zero-order chi connectivity index (χ0) is 12.3. The van der Waals surface area contributed by atoms with Crippen LogP contribution in [0.4, 0.5) is 0 Å². The van der Waals surface area contributed by atoms with Crippen molar-refractivity contribution >= 4 is 27.5 Å². The average Bonchev–Trinajstić information content (AvgIpc) is 2.33. The van der Waals surface area contributed by atoms with Crippen molar-refractivity contribution in [2.75, 3.05) is 13.2 Å². The lowest BCUT2D eigenvalue weighted by Gasteiger charge is -2.24. The van der Waals surface area contributed by atoms with Crippen LogP contribution in [0.25, 0.3) is 0 Å². The number of hydrogen-bond acceptors (Lipinski definition) is 2. The Morgan fingerprint density at radius 1 is 1.41 bits per heavy atom. The molecule has 0 bridgehead atoms. The van der Waals surface area contributed by atoms with Gasteiger partial charge >= 0.3 is 0 Å². The maximum absolute atomic E-state index is 10.2. The van der Waals surface area contributed by atoms with E-state index in [-0.39, 0.29) is 0 Å². The lowest BCUT2D eigenvalue weighted by atomic mass is 9.91. The fraction of sp³-hybridized carbons (Fsp3) is 0.538. The second-order valence-corrected chi connectivity index (χ2v) is 5.80. The van der Waals surface area contributed by atoms with Gasteiger partial charge in [0.2, 0.25) is 0 Å². The predicted molar refractivity (Wildman–Crippen MR) is 72.3 cm³/mol. The summed E-state index contributed by atoms with van der Waals surface area (Å²) in [7, 11) is 0. The van der Waals surface area contributed by atoms with Gasteiger partial charge in [-0.05, 0) is 43.4 Å². The molecule has 1 aliphatic heterocycles. The van der Waals surface area contributed by atoms with E-state index in [1.165, 1.54) is 0 Å². The number of aliphatic hydroxyl groups excluding tert-OH is 1. The molecule has 0 aliphatic carbocycles. The first kappa shape index (κ1) is 13.3. The highest BCUT2D eigenvalue weighted by Gasteiger charge is 2.20. The Labute approximate surface area is 115 Å². The Bertz CT molecular complexity index is 378. The molecule has 17 heavy (non-hydrogen) atoms. The molecule has 1 fully saturated rings. The average molecular weight is 320 g/mol. The summed E-state index contributed by atoms with van der Waals surface area (Å²) < 4.78 is 6.26. The quantitative estimate of drug-likeness (QED) is 0.914. The highest BCUT2D eigenvalue weighted by atomic mass is 79.9. The maximum atomic E-state index is 10.2. The minimum atomic E-state index is -0.483. The van der Waals surface area contributed by atoms with Crippen LogP contribution in [0.1, 0.15) is 30.9 Å². The molecule has 0 spiro atoms. The first-order chi connectivity index (χ1) is 8.16. The van der Waals surface area contributed by atoms with E-state index in [9.17, 15) is 5.11 Å². The van der Waals surface area contributed by atoms with E-state index in [1.54, 1.807) is 0 Å². The first-order valence-corrected chi connectivity index (χ1v) is 7.04. The third-order valence-electron chi connectivity index (χ3n) is 3.21. The second kappa shape index (κ2) is 6.19. The van der Waals surface area contributed by atoms with Crippen LogP contribution >= 0.6 is 27.5 Å². The molecule has 0 amide bonds. The minimum Gasteiger partial charge on any atom is -0.388 e. The van der Waals surface area contributed by atoms with Gasteiger partial charge in [-0.25, -0.2) is 0 Å². The van der Waals surface area contributed by atoms with Crippen LogP contribution in [0.15, 0.2) is 22.7 Å². The lowest BCUT2D eigenvalue weighted by molar-refractivity contribution is 0.0435. The van der Waals surface area contributed by atoms with Crippen LogP contribution in [-0.4, -0.2) is 18.3 Å². The molecule has 1 heterocycles. The predicted octanol–water partition coefficient (Wildman–Crippen LogP) is 3.95. The summed E-state index contributed by atoms with van der Waals surface area (Å²) in [6.07, 6.45) is 2.34. The zero-order valence-electron chi connectivity index (χ0n) is 9.53. The van der Waals surface area contributed by atoms with Crippen LogP contribution in [0.3, 0.4) is 0 Å². The fourth-order valence-corrected chi connectivity index (χ4v) is 2.82. The second-order valence-electron chi connectivity index (χ2n) is 4.47. The van der Waals surface area contributed by atoms with Gasteiger partial charge in [0.25, 0.3) is 0 Å². The molecule has 0 radical (unpaired) electrons. The molecule has 1 aromatic carbocycles. The van der Waals surface area contributed by atoms with Gasteiger partial charge in [0, 0.05) is 28.3 Å². The number of rotatable bonds is 3. The molecular formula is C13H16BrClO2. The van der Waals surface area contributed by atoms with E-state index in [0.29, 0.717) is 10.9 Å². The Morgan fingerprint density at radius 3 is 2.82 bits per heavy atom.